The number of hydrogen-bond acceptors (Lipinski definition) is 3. The molecule has 2 heterocycles. The summed E-state index contributed by atoms with van der Waals surface area (Å²) in [4.78, 5) is 25.8. The number of piperidine rings is 1. The van der Waals surface area contributed by atoms with Crippen LogP contribution in [-0.2, 0) is 11.8 Å². The van der Waals surface area contributed by atoms with Crippen LogP contribution in [0, 0.1) is 5.92 Å². The Morgan fingerprint density at radius 1 is 1.22 bits per heavy atom. The fourth-order valence-corrected chi connectivity index (χ4v) is 3.12. The third-order valence-electron chi connectivity index (χ3n) is 4.31. The van der Waals surface area contributed by atoms with Crippen molar-refractivity contribution in [3.63, 3.8) is 0 Å². The maximum Gasteiger partial charge on any atom is 0.308 e. The summed E-state index contributed by atoms with van der Waals surface area (Å²) in [5.74, 6) is -1.53. The Bertz CT molecular complexity index is 711. The third-order valence-corrected chi connectivity index (χ3v) is 4.31. The summed E-state index contributed by atoms with van der Waals surface area (Å²) in [5, 5.41) is 13.4. The summed E-state index contributed by atoms with van der Waals surface area (Å²) >= 11 is 0. The molecule has 2 aromatic rings. The van der Waals surface area contributed by atoms with Crippen molar-refractivity contribution >= 4 is 11.9 Å². The second-order valence-corrected chi connectivity index (χ2v) is 5.99. The molecule has 1 saturated heterocycles. The zero-order valence-corrected chi connectivity index (χ0v) is 12.9. The van der Waals surface area contributed by atoms with Gasteiger partial charge in [-0.25, -0.2) is 0 Å². The number of rotatable bonds is 3. The average Bonchev–Trinajstić information content (AvgIpc) is 3.01. The molecule has 3 rings (SSSR count). The Hall–Kier alpha value is -2.63. The predicted octanol–water partition coefficient (Wildman–Crippen LogP) is 1.75. The highest BCUT2D eigenvalue weighted by Gasteiger charge is 2.35. The van der Waals surface area contributed by atoms with E-state index in [9.17, 15) is 14.7 Å². The van der Waals surface area contributed by atoms with Crippen molar-refractivity contribution in [1.82, 2.24) is 14.7 Å². The zero-order chi connectivity index (χ0) is 16.4. The van der Waals surface area contributed by atoms with Gasteiger partial charge in [-0.15, -0.1) is 0 Å². The quantitative estimate of drug-likeness (QED) is 0.936. The van der Waals surface area contributed by atoms with Crippen molar-refractivity contribution < 1.29 is 14.7 Å². The molecule has 1 amide bonds. The maximum absolute atomic E-state index is 12.6. The summed E-state index contributed by atoms with van der Waals surface area (Å²) < 4.78 is 1.57. The van der Waals surface area contributed by atoms with E-state index in [1.807, 2.05) is 30.3 Å². The van der Waals surface area contributed by atoms with Gasteiger partial charge in [0.2, 0.25) is 0 Å². The van der Waals surface area contributed by atoms with E-state index in [4.69, 9.17) is 0 Å². The van der Waals surface area contributed by atoms with Gasteiger partial charge in [-0.05, 0) is 12.0 Å². The highest BCUT2D eigenvalue weighted by atomic mass is 16.4. The number of benzene rings is 1. The summed E-state index contributed by atoms with van der Waals surface area (Å²) in [5.41, 5.74) is 1.56. The average molecular weight is 313 g/mol. The third kappa shape index (κ3) is 3.26. The normalized spacial score (nSPS) is 21.2. The van der Waals surface area contributed by atoms with Gasteiger partial charge in [-0.1, -0.05) is 30.3 Å². The molecule has 0 radical (unpaired) electrons. The number of carboxylic acid groups (broad SMARTS) is 1. The molecule has 6 heteroatoms. The molecule has 1 aliphatic rings. The van der Waals surface area contributed by atoms with Crippen LogP contribution in [0.3, 0.4) is 0 Å². The molecule has 1 N–H and O–H groups in total. The smallest absolute Gasteiger partial charge is 0.308 e. The lowest BCUT2D eigenvalue weighted by atomic mass is 9.84. The molecule has 23 heavy (non-hydrogen) atoms. The van der Waals surface area contributed by atoms with Crippen LogP contribution in [0.2, 0.25) is 0 Å². The van der Waals surface area contributed by atoms with Crippen LogP contribution in [-0.4, -0.2) is 44.8 Å². The molecule has 0 saturated carbocycles. The number of carbonyl (C=O) groups is 2. The first kappa shape index (κ1) is 15.3. The molecule has 6 nitrogen and oxygen atoms in total. The number of aliphatic carboxylic acids is 1. The molecule has 1 fully saturated rings. The van der Waals surface area contributed by atoms with Gasteiger partial charge < -0.3 is 10.0 Å². The SMILES string of the molecule is Cn1cc(C(=O)N2C[C@@H](C(=O)O)C[C@@H](c3ccccc3)C2)cn1. The van der Waals surface area contributed by atoms with E-state index in [2.05, 4.69) is 5.10 Å². The number of hydrogen-bond donors (Lipinski definition) is 1. The number of aromatic nitrogens is 2. The summed E-state index contributed by atoms with van der Waals surface area (Å²) in [6.07, 6.45) is 3.73. The van der Waals surface area contributed by atoms with Crippen molar-refractivity contribution in [3.8, 4) is 0 Å². The second kappa shape index (κ2) is 6.24. The molecule has 1 aromatic heterocycles. The van der Waals surface area contributed by atoms with Gasteiger partial charge in [-0.3, -0.25) is 14.3 Å². The predicted molar refractivity (Wildman–Crippen MR) is 84.0 cm³/mol. The number of nitrogens with zero attached hydrogens (tertiary/aromatic N) is 3. The lowest BCUT2D eigenvalue weighted by molar-refractivity contribution is -0.143. The molecule has 0 aliphatic carbocycles. The van der Waals surface area contributed by atoms with Gasteiger partial charge >= 0.3 is 5.97 Å². The number of carbonyl (C=O) groups excluding carboxylic acids is 1. The van der Waals surface area contributed by atoms with Gasteiger partial charge in [0.25, 0.3) is 5.91 Å². The number of aryl methyl sites for hydroxylation is 1. The van der Waals surface area contributed by atoms with Crippen LogP contribution in [0.25, 0.3) is 0 Å². The first-order valence-corrected chi connectivity index (χ1v) is 7.60. The van der Waals surface area contributed by atoms with E-state index in [0.29, 0.717) is 18.5 Å². The second-order valence-electron chi connectivity index (χ2n) is 5.99. The van der Waals surface area contributed by atoms with Crippen molar-refractivity contribution in [2.75, 3.05) is 13.1 Å². The van der Waals surface area contributed by atoms with Gasteiger partial charge in [-0.2, -0.15) is 5.10 Å². The monoisotopic (exact) mass is 313 g/mol. The Morgan fingerprint density at radius 3 is 2.57 bits per heavy atom. The minimum atomic E-state index is -0.852. The molecular formula is C17H19N3O3. The Kier molecular flexibility index (Phi) is 4.14. The van der Waals surface area contributed by atoms with Gasteiger partial charge in [0, 0.05) is 32.3 Å². The highest BCUT2D eigenvalue weighted by Crippen LogP contribution is 2.31. The van der Waals surface area contributed by atoms with Crippen LogP contribution in [0.15, 0.2) is 42.7 Å². The Morgan fingerprint density at radius 2 is 1.96 bits per heavy atom. The van der Waals surface area contributed by atoms with Crippen LogP contribution in [0.5, 0.6) is 0 Å². The van der Waals surface area contributed by atoms with E-state index in [0.717, 1.165) is 5.56 Å². The fraction of sp³-hybridized carbons (Fsp3) is 0.353. The van der Waals surface area contributed by atoms with Crippen LogP contribution >= 0.6 is 0 Å². The molecule has 0 bridgehead atoms. The lowest BCUT2D eigenvalue weighted by Crippen LogP contribution is -2.45. The summed E-state index contributed by atoms with van der Waals surface area (Å²) in [6.45, 7) is 0.772. The van der Waals surface area contributed by atoms with Crippen LogP contribution in [0.4, 0.5) is 0 Å². The molecule has 1 aliphatic heterocycles. The van der Waals surface area contributed by atoms with Crippen molar-refractivity contribution in [3.05, 3.63) is 53.9 Å². The first-order valence-electron chi connectivity index (χ1n) is 7.60. The largest absolute Gasteiger partial charge is 0.481 e. The number of likely N-dealkylation sites (tertiary alicyclic amines) is 1. The minimum absolute atomic E-state index is 0.0340. The number of amides is 1. The molecular weight excluding hydrogens is 294 g/mol. The summed E-state index contributed by atoms with van der Waals surface area (Å²) in [7, 11) is 1.75. The maximum atomic E-state index is 12.6. The van der Waals surface area contributed by atoms with Gasteiger partial charge in [0.05, 0.1) is 17.7 Å². The molecule has 2 atom stereocenters. The molecule has 0 unspecified atom stereocenters. The molecule has 0 spiro atoms. The van der Waals surface area contributed by atoms with Crippen LogP contribution < -0.4 is 0 Å². The highest BCUT2D eigenvalue weighted by molar-refractivity contribution is 5.94. The minimum Gasteiger partial charge on any atom is -0.481 e. The van der Waals surface area contributed by atoms with E-state index < -0.39 is 11.9 Å². The number of carboxylic acids is 1. The summed E-state index contributed by atoms with van der Waals surface area (Å²) in [6, 6.07) is 9.78. The standard InChI is InChI=1S/C17H19N3O3/c1-19-9-15(8-18-19)16(21)20-10-13(7-14(11-20)17(22)23)12-5-3-2-4-6-12/h2-6,8-9,13-14H,7,10-11H2,1H3,(H,22,23)/t13-,14+/m1/s1. The van der Waals surface area contributed by atoms with Crippen molar-refractivity contribution in [2.45, 2.75) is 12.3 Å². The van der Waals surface area contributed by atoms with E-state index in [1.165, 1.54) is 6.20 Å². The van der Waals surface area contributed by atoms with E-state index in [1.54, 1.807) is 22.8 Å². The van der Waals surface area contributed by atoms with Crippen LogP contribution in [0.1, 0.15) is 28.3 Å². The van der Waals surface area contributed by atoms with Crippen molar-refractivity contribution in [2.24, 2.45) is 13.0 Å². The lowest BCUT2D eigenvalue weighted by Gasteiger charge is -2.36. The molecule has 1 aromatic carbocycles. The van der Waals surface area contributed by atoms with Crippen molar-refractivity contribution in [1.29, 1.82) is 0 Å². The first-order chi connectivity index (χ1) is 11.0. The zero-order valence-electron chi connectivity index (χ0n) is 12.9. The fourth-order valence-electron chi connectivity index (χ4n) is 3.12. The Labute approximate surface area is 134 Å². The van der Waals surface area contributed by atoms with E-state index >= 15 is 0 Å². The van der Waals surface area contributed by atoms with Gasteiger partial charge in [0.1, 0.15) is 0 Å². The molecule has 120 valence electrons. The van der Waals surface area contributed by atoms with E-state index in [-0.39, 0.29) is 18.4 Å². The topological polar surface area (TPSA) is 75.4 Å². The Balaban J connectivity index is 1.84. The van der Waals surface area contributed by atoms with Gasteiger partial charge in [0.15, 0.2) is 0 Å².